The minimum Gasteiger partial charge on any atom is -0.326 e. The highest BCUT2D eigenvalue weighted by Crippen LogP contribution is 2.20. The predicted molar refractivity (Wildman–Crippen MR) is 53.9 cm³/mol. The van der Waals surface area contributed by atoms with Gasteiger partial charge in [-0.25, -0.2) is 4.98 Å². The molecule has 1 aliphatic rings. The summed E-state index contributed by atoms with van der Waals surface area (Å²) in [5.41, 5.74) is 6.68. The molecule has 2 heterocycles. The van der Waals surface area contributed by atoms with E-state index in [0.717, 1.165) is 0 Å². The number of nitrogens with two attached hydrogens (primary N) is 1. The number of carbonyl (C=O) groups is 1. The summed E-state index contributed by atoms with van der Waals surface area (Å²) < 4.78 is 0. The van der Waals surface area contributed by atoms with Crippen LogP contribution in [0.4, 0.5) is 5.69 Å². The van der Waals surface area contributed by atoms with Crippen molar-refractivity contribution in [1.82, 2.24) is 4.98 Å². The highest BCUT2D eigenvalue weighted by Gasteiger charge is 2.28. The molecule has 15 heavy (non-hydrogen) atoms. The first-order valence-electron chi connectivity index (χ1n) is 4.63. The number of aromatic nitrogens is 1. The molecule has 1 saturated heterocycles. The molecule has 0 aliphatic carbocycles. The largest absolute Gasteiger partial charge is 0.326 e. The summed E-state index contributed by atoms with van der Waals surface area (Å²) >= 11 is 0. The molecule has 0 saturated carbocycles. The molecule has 1 atom stereocenters. The average Bonchev–Trinajstić information content (AvgIpc) is 2.58. The summed E-state index contributed by atoms with van der Waals surface area (Å²) in [6.07, 6.45) is 1.88. The van der Waals surface area contributed by atoms with E-state index in [1.807, 2.05) is 6.07 Å². The van der Waals surface area contributed by atoms with E-state index in [1.54, 1.807) is 17.0 Å². The summed E-state index contributed by atoms with van der Waals surface area (Å²) in [7, 11) is 0. The maximum Gasteiger partial charge on any atom is 0.228 e. The number of nitrogens with zero attached hydrogens (tertiary/aromatic N) is 3. The van der Waals surface area contributed by atoms with Crippen molar-refractivity contribution >= 4 is 11.6 Å². The van der Waals surface area contributed by atoms with Crippen LogP contribution in [0.3, 0.4) is 0 Å². The Morgan fingerprint density at radius 1 is 1.67 bits per heavy atom. The third-order valence-corrected chi connectivity index (χ3v) is 2.32. The fourth-order valence-corrected chi connectivity index (χ4v) is 1.63. The van der Waals surface area contributed by atoms with Crippen molar-refractivity contribution in [2.45, 2.75) is 12.5 Å². The van der Waals surface area contributed by atoms with E-state index in [4.69, 9.17) is 11.0 Å². The fraction of sp³-hybridized carbons (Fsp3) is 0.300. The Labute approximate surface area is 87.1 Å². The van der Waals surface area contributed by atoms with Gasteiger partial charge in [0.15, 0.2) is 0 Å². The van der Waals surface area contributed by atoms with Gasteiger partial charge in [-0.3, -0.25) is 4.79 Å². The smallest absolute Gasteiger partial charge is 0.228 e. The van der Waals surface area contributed by atoms with Crippen molar-refractivity contribution < 1.29 is 4.79 Å². The monoisotopic (exact) mass is 202 g/mol. The van der Waals surface area contributed by atoms with E-state index in [-0.39, 0.29) is 11.9 Å². The second-order valence-electron chi connectivity index (χ2n) is 3.48. The molecule has 1 amide bonds. The lowest BCUT2D eigenvalue weighted by molar-refractivity contribution is -0.117. The molecule has 2 N–H and O–H groups in total. The number of carbonyl (C=O) groups excluding carboxylic acids is 1. The summed E-state index contributed by atoms with van der Waals surface area (Å²) in [5, 5.41) is 8.68. The maximum absolute atomic E-state index is 11.5. The van der Waals surface area contributed by atoms with Gasteiger partial charge < -0.3 is 10.6 Å². The van der Waals surface area contributed by atoms with Gasteiger partial charge >= 0.3 is 0 Å². The SMILES string of the molecule is N#Cc1cc(N2CC(N)CC2=O)ccn1. The number of hydrogen-bond acceptors (Lipinski definition) is 4. The van der Waals surface area contributed by atoms with E-state index in [9.17, 15) is 4.79 Å². The van der Waals surface area contributed by atoms with Crippen LogP contribution in [0, 0.1) is 11.3 Å². The van der Waals surface area contributed by atoms with E-state index in [2.05, 4.69) is 4.98 Å². The molecular formula is C10H10N4O. The Morgan fingerprint density at radius 2 is 2.47 bits per heavy atom. The average molecular weight is 202 g/mol. The van der Waals surface area contributed by atoms with Crippen molar-refractivity contribution in [2.24, 2.45) is 5.73 Å². The normalized spacial score (nSPS) is 20.4. The summed E-state index contributed by atoms with van der Waals surface area (Å²) in [5.74, 6) is -0.00223. The minimum absolute atomic E-state index is 0.00223. The minimum atomic E-state index is -0.115. The second kappa shape index (κ2) is 3.67. The van der Waals surface area contributed by atoms with E-state index >= 15 is 0 Å². The van der Waals surface area contributed by atoms with Crippen molar-refractivity contribution in [3.05, 3.63) is 24.0 Å². The third-order valence-electron chi connectivity index (χ3n) is 2.32. The summed E-state index contributed by atoms with van der Waals surface area (Å²) in [4.78, 5) is 17.0. The quantitative estimate of drug-likeness (QED) is 0.695. The Bertz CT molecular complexity index is 437. The molecule has 76 valence electrons. The van der Waals surface area contributed by atoms with E-state index in [0.29, 0.717) is 24.3 Å². The zero-order valence-electron chi connectivity index (χ0n) is 8.05. The number of anilines is 1. The fourth-order valence-electron chi connectivity index (χ4n) is 1.63. The Hall–Kier alpha value is -1.93. The second-order valence-corrected chi connectivity index (χ2v) is 3.48. The van der Waals surface area contributed by atoms with Gasteiger partial charge in [-0.2, -0.15) is 5.26 Å². The lowest BCUT2D eigenvalue weighted by Gasteiger charge is -2.15. The van der Waals surface area contributed by atoms with Crippen LogP contribution in [-0.4, -0.2) is 23.5 Å². The van der Waals surface area contributed by atoms with Crippen molar-refractivity contribution in [3.63, 3.8) is 0 Å². The maximum atomic E-state index is 11.5. The standard InChI is InChI=1S/C10H10N4O/c11-5-8-4-9(1-2-13-8)14-6-7(12)3-10(14)15/h1-2,4,7H,3,6,12H2. The molecule has 2 rings (SSSR count). The molecule has 0 spiro atoms. The number of amides is 1. The number of hydrogen-bond donors (Lipinski definition) is 1. The first-order valence-corrected chi connectivity index (χ1v) is 4.63. The van der Waals surface area contributed by atoms with Crippen LogP contribution < -0.4 is 10.6 Å². The highest BCUT2D eigenvalue weighted by atomic mass is 16.2. The molecule has 1 aromatic rings. The molecule has 5 heteroatoms. The zero-order chi connectivity index (χ0) is 10.8. The number of rotatable bonds is 1. The van der Waals surface area contributed by atoms with Gasteiger partial charge in [0, 0.05) is 30.9 Å². The molecule has 1 unspecified atom stereocenters. The first kappa shape index (κ1) is 9.62. The van der Waals surface area contributed by atoms with Gasteiger partial charge in [-0.05, 0) is 12.1 Å². The highest BCUT2D eigenvalue weighted by molar-refractivity contribution is 5.96. The molecule has 1 aliphatic heterocycles. The Morgan fingerprint density at radius 3 is 3.07 bits per heavy atom. The van der Waals surface area contributed by atoms with Crippen LogP contribution in [0.1, 0.15) is 12.1 Å². The van der Waals surface area contributed by atoms with Crippen molar-refractivity contribution in [3.8, 4) is 6.07 Å². The van der Waals surface area contributed by atoms with Crippen LogP contribution in [0.15, 0.2) is 18.3 Å². The topological polar surface area (TPSA) is 83.0 Å². The van der Waals surface area contributed by atoms with Gasteiger partial charge in [0.2, 0.25) is 5.91 Å². The lowest BCUT2D eigenvalue weighted by Crippen LogP contribution is -2.28. The van der Waals surface area contributed by atoms with Crippen LogP contribution in [0.25, 0.3) is 0 Å². The van der Waals surface area contributed by atoms with Gasteiger partial charge in [-0.1, -0.05) is 0 Å². The summed E-state index contributed by atoms with van der Waals surface area (Å²) in [6.45, 7) is 0.508. The number of pyridine rings is 1. The van der Waals surface area contributed by atoms with Crippen LogP contribution in [0.2, 0.25) is 0 Å². The molecule has 0 bridgehead atoms. The van der Waals surface area contributed by atoms with E-state index < -0.39 is 0 Å². The summed E-state index contributed by atoms with van der Waals surface area (Å²) in [6, 6.07) is 5.12. The third kappa shape index (κ3) is 1.80. The Kier molecular flexibility index (Phi) is 2.35. The Balaban J connectivity index is 2.30. The van der Waals surface area contributed by atoms with Gasteiger partial charge in [0.1, 0.15) is 11.8 Å². The van der Waals surface area contributed by atoms with Crippen molar-refractivity contribution in [1.29, 1.82) is 5.26 Å². The van der Waals surface area contributed by atoms with Crippen LogP contribution >= 0.6 is 0 Å². The lowest BCUT2D eigenvalue weighted by atomic mass is 10.3. The predicted octanol–water partition coefficient (Wildman–Crippen LogP) is 0.0173. The molecular weight excluding hydrogens is 192 g/mol. The first-order chi connectivity index (χ1) is 7.20. The molecule has 1 aromatic heterocycles. The molecule has 0 radical (unpaired) electrons. The van der Waals surface area contributed by atoms with E-state index in [1.165, 1.54) is 6.20 Å². The molecule has 5 nitrogen and oxygen atoms in total. The van der Waals surface area contributed by atoms with Crippen LogP contribution in [-0.2, 0) is 4.79 Å². The molecule has 0 aromatic carbocycles. The van der Waals surface area contributed by atoms with Crippen molar-refractivity contribution in [2.75, 3.05) is 11.4 Å². The molecule has 1 fully saturated rings. The zero-order valence-corrected chi connectivity index (χ0v) is 8.05. The van der Waals surface area contributed by atoms with Gasteiger partial charge in [-0.15, -0.1) is 0 Å². The van der Waals surface area contributed by atoms with Gasteiger partial charge in [0.05, 0.1) is 0 Å². The van der Waals surface area contributed by atoms with Gasteiger partial charge in [0.25, 0.3) is 0 Å². The van der Waals surface area contributed by atoms with Crippen LogP contribution in [0.5, 0.6) is 0 Å². The number of nitriles is 1.